The molecule has 1 aromatic rings. The Morgan fingerprint density at radius 1 is 1.73 bits per heavy atom. The lowest BCUT2D eigenvalue weighted by Gasteiger charge is -1.97. The quantitative estimate of drug-likeness (QED) is 0.338. The summed E-state index contributed by atoms with van der Waals surface area (Å²) in [6.45, 7) is 5.03. The number of aryl methyl sites for hydroxylation is 1. The Morgan fingerprint density at radius 3 is 3.13 bits per heavy atom. The maximum atomic E-state index is 8.89. The molecule has 1 aromatic heterocycles. The second kappa shape index (κ2) is 5.78. The highest BCUT2D eigenvalue weighted by molar-refractivity contribution is 5.60. The van der Waals surface area contributed by atoms with E-state index in [4.69, 9.17) is 10.1 Å². The highest BCUT2D eigenvalue weighted by Crippen LogP contribution is 2.14. The number of nitriles is 1. The average Bonchev–Trinajstić information content (AvgIpc) is 2.66. The summed E-state index contributed by atoms with van der Waals surface area (Å²) in [5.74, 6) is 0.395. The van der Waals surface area contributed by atoms with E-state index < -0.39 is 0 Å². The molecule has 0 aromatic carbocycles. The number of rotatable bonds is 5. The number of aromatic nitrogens is 2. The van der Waals surface area contributed by atoms with Crippen molar-refractivity contribution in [3.63, 3.8) is 0 Å². The summed E-state index contributed by atoms with van der Waals surface area (Å²) in [4.78, 5) is 12.8. The van der Waals surface area contributed by atoms with Gasteiger partial charge in [-0.05, 0) is 13.8 Å². The maximum absolute atomic E-state index is 8.89. The number of hydrogen-bond acceptors (Lipinski definition) is 4. The summed E-state index contributed by atoms with van der Waals surface area (Å²) in [5.41, 5.74) is 2.96. The van der Waals surface area contributed by atoms with Gasteiger partial charge in [0.1, 0.15) is 12.4 Å². The van der Waals surface area contributed by atoms with Crippen LogP contribution in [0.2, 0.25) is 0 Å². The van der Waals surface area contributed by atoms with E-state index in [1.165, 1.54) is 6.34 Å². The Morgan fingerprint density at radius 2 is 2.53 bits per heavy atom. The van der Waals surface area contributed by atoms with Crippen molar-refractivity contribution in [3.05, 3.63) is 12.0 Å². The molecule has 0 fully saturated rings. The molecule has 80 valence electrons. The van der Waals surface area contributed by atoms with Gasteiger partial charge in [0.05, 0.1) is 12.9 Å². The van der Waals surface area contributed by atoms with Gasteiger partial charge in [-0.25, -0.2) is 9.98 Å². The molecule has 6 nitrogen and oxygen atoms in total. The SMILES string of the molecule is CCON/C=N/c1ncn(CC)c1C#N. The van der Waals surface area contributed by atoms with Crippen LogP contribution in [0.4, 0.5) is 5.82 Å². The Labute approximate surface area is 88.2 Å². The van der Waals surface area contributed by atoms with E-state index in [0.29, 0.717) is 24.7 Å². The molecule has 0 bridgehead atoms. The molecular formula is C9H13N5O. The minimum absolute atomic E-state index is 0.395. The first-order valence-electron chi connectivity index (χ1n) is 4.68. The predicted molar refractivity (Wildman–Crippen MR) is 55.5 cm³/mol. The van der Waals surface area contributed by atoms with Gasteiger partial charge in [0.2, 0.25) is 0 Å². The van der Waals surface area contributed by atoms with Crippen LogP contribution < -0.4 is 5.48 Å². The van der Waals surface area contributed by atoms with E-state index in [1.54, 1.807) is 10.9 Å². The Kier molecular flexibility index (Phi) is 4.31. The molecule has 0 amide bonds. The van der Waals surface area contributed by atoms with Crippen LogP contribution in [-0.4, -0.2) is 22.5 Å². The third-order valence-electron chi connectivity index (χ3n) is 1.73. The zero-order valence-electron chi connectivity index (χ0n) is 8.77. The molecule has 0 aliphatic heterocycles. The summed E-state index contributed by atoms with van der Waals surface area (Å²) < 4.78 is 1.73. The average molecular weight is 207 g/mol. The second-order valence-electron chi connectivity index (χ2n) is 2.62. The molecule has 1 N–H and O–H groups in total. The van der Waals surface area contributed by atoms with Crippen LogP contribution in [0.15, 0.2) is 11.3 Å². The van der Waals surface area contributed by atoms with E-state index in [1.807, 2.05) is 13.8 Å². The molecule has 6 heteroatoms. The fourth-order valence-corrected chi connectivity index (χ4v) is 1.03. The van der Waals surface area contributed by atoms with Crippen LogP contribution >= 0.6 is 0 Å². The van der Waals surface area contributed by atoms with Gasteiger partial charge >= 0.3 is 0 Å². The number of nitrogens with one attached hydrogen (secondary N) is 1. The number of hydrogen-bond donors (Lipinski definition) is 1. The van der Waals surface area contributed by atoms with E-state index in [9.17, 15) is 0 Å². The molecule has 0 unspecified atom stereocenters. The minimum Gasteiger partial charge on any atom is -0.321 e. The van der Waals surface area contributed by atoms with E-state index >= 15 is 0 Å². The van der Waals surface area contributed by atoms with Crippen LogP contribution in [0.3, 0.4) is 0 Å². The van der Waals surface area contributed by atoms with Gasteiger partial charge in [-0.15, -0.1) is 0 Å². The fraction of sp³-hybridized carbons (Fsp3) is 0.444. The van der Waals surface area contributed by atoms with Gasteiger partial charge in [0.15, 0.2) is 11.5 Å². The maximum Gasteiger partial charge on any atom is 0.190 e. The van der Waals surface area contributed by atoms with Gasteiger partial charge in [-0.3, -0.25) is 10.3 Å². The summed E-state index contributed by atoms with van der Waals surface area (Å²) in [7, 11) is 0. The lowest BCUT2D eigenvalue weighted by atomic mass is 10.4. The van der Waals surface area contributed by atoms with Crippen molar-refractivity contribution < 1.29 is 4.84 Å². The topological polar surface area (TPSA) is 75.2 Å². The highest BCUT2D eigenvalue weighted by atomic mass is 16.6. The first-order chi connectivity index (χ1) is 7.33. The molecule has 0 saturated heterocycles. The van der Waals surface area contributed by atoms with Crippen LogP contribution in [0, 0.1) is 11.3 Å². The molecule has 0 aliphatic carbocycles. The smallest absolute Gasteiger partial charge is 0.190 e. The first kappa shape index (κ1) is 11.2. The third kappa shape index (κ3) is 2.79. The largest absolute Gasteiger partial charge is 0.321 e. The third-order valence-corrected chi connectivity index (χ3v) is 1.73. The summed E-state index contributed by atoms with van der Waals surface area (Å²) in [5, 5.41) is 8.89. The van der Waals surface area contributed by atoms with Crippen molar-refractivity contribution in [1.29, 1.82) is 5.26 Å². The zero-order valence-corrected chi connectivity index (χ0v) is 8.77. The van der Waals surface area contributed by atoms with Crippen molar-refractivity contribution in [2.75, 3.05) is 6.61 Å². The molecule has 1 rings (SSSR count). The zero-order chi connectivity index (χ0) is 11.1. The number of aliphatic imine (C=N–C) groups is 1. The Bertz CT molecular complexity index is 376. The van der Waals surface area contributed by atoms with Gasteiger partial charge in [0.25, 0.3) is 0 Å². The van der Waals surface area contributed by atoms with Crippen molar-refractivity contribution >= 4 is 12.2 Å². The molecule has 0 aliphatic rings. The van der Waals surface area contributed by atoms with E-state index in [2.05, 4.69) is 21.5 Å². The van der Waals surface area contributed by atoms with Crippen LogP contribution in [0.25, 0.3) is 0 Å². The van der Waals surface area contributed by atoms with Gasteiger partial charge in [-0.1, -0.05) is 0 Å². The number of nitrogens with zero attached hydrogens (tertiary/aromatic N) is 4. The lowest BCUT2D eigenvalue weighted by molar-refractivity contribution is 0.100. The minimum atomic E-state index is 0.395. The standard InChI is InChI=1S/C9H13N5O/c1-3-14-7-12-9(8(14)5-10)11-6-13-15-4-2/h6-7H,3-4H2,1-2H3,(H,11,13). The molecule has 0 atom stereocenters. The van der Waals surface area contributed by atoms with Crippen LogP contribution in [0.5, 0.6) is 0 Å². The second-order valence-corrected chi connectivity index (χ2v) is 2.62. The number of hydroxylamine groups is 1. The molecule has 1 heterocycles. The monoisotopic (exact) mass is 207 g/mol. The molecular weight excluding hydrogens is 194 g/mol. The summed E-state index contributed by atoms with van der Waals surface area (Å²) in [6.07, 6.45) is 2.96. The van der Waals surface area contributed by atoms with Gasteiger partial charge in [-0.2, -0.15) is 5.26 Å². The van der Waals surface area contributed by atoms with E-state index in [-0.39, 0.29) is 0 Å². The van der Waals surface area contributed by atoms with Crippen molar-refractivity contribution in [3.8, 4) is 6.07 Å². The Balaban J connectivity index is 2.73. The van der Waals surface area contributed by atoms with Crippen molar-refractivity contribution in [2.24, 2.45) is 4.99 Å². The predicted octanol–water partition coefficient (Wildman–Crippen LogP) is 0.976. The van der Waals surface area contributed by atoms with Crippen molar-refractivity contribution in [1.82, 2.24) is 15.0 Å². The van der Waals surface area contributed by atoms with Gasteiger partial charge in [0, 0.05) is 6.54 Å². The Hall–Kier alpha value is -1.87. The highest BCUT2D eigenvalue weighted by Gasteiger charge is 2.06. The molecule has 0 radical (unpaired) electrons. The normalized spacial score (nSPS) is 10.5. The number of imidazole rings is 1. The lowest BCUT2D eigenvalue weighted by Crippen LogP contribution is -2.10. The van der Waals surface area contributed by atoms with Crippen molar-refractivity contribution in [2.45, 2.75) is 20.4 Å². The summed E-state index contributed by atoms with van der Waals surface area (Å²) in [6, 6.07) is 2.05. The summed E-state index contributed by atoms with van der Waals surface area (Å²) >= 11 is 0. The van der Waals surface area contributed by atoms with Crippen LogP contribution in [0.1, 0.15) is 19.5 Å². The first-order valence-corrected chi connectivity index (χ1v) is 4.68. The van der Waals surface area contributed by atoms with Crippen LogP contribution in [-0.2, 0) is 11.4 Å². The molecule has 0 saturated carbocycles. The molecule has 15 heavy (non-hydrogen) atoms. The van der Waals surface area contributed by atoms with Gasteiger partial charge < -0.3 is 4.57 Å². The fourth-order valence-electron chi connectivity index (χ4n) is 1.03. The van der Waals surface area contributed by atoms with E-state index in [0.717, 1.165) is 0 Å². The molecule has 0 spiro atoms.